The van der Waals surface area contributed by atoms with E-state index in [1.165, 1.54) is 5.56 Å². The molecule has 0 radical (unpaired) electrons. The molecule has 0 heterocycles. The van der Waals surface area contributed by atoms with Crippen molar-refractivity contribution in [2.24, 2.45) is 0 Å². The zero-order valence-corrected chi connectivity index (χ0v) is 14.3. The van der Waals surface area contributed by atoms with Crippen LogP contribution in [0.3, 0.4) is 0 Å². The molecule has 2 aromatic carbocycles. The van der Waals surface area contributed by atoms with Gasteiger partial charge in [0, 0.05) is 5.69 Å². The van der Waals surface area contributed by atoms with Crippen molar-refractivity contribution < 1.29 is 9.47 Å². The molecule has 0 saturated heterocycles. The van der Waals surface area contributed by atoms with Crippen molar-refractivity contribution in [3.8, 4) is 11.5 Å². The molecule has 0 spiro atoms. The summed E-state index contributed by atoms with van der Waals surface area (Å²) in [5.41, 5.74) is 2.40. The molecule has 0 aromatic heterocycles. The van der Waals surface area contributed by atoms with Crippen LogP contribution in [-0.4, -0.2) is 19.3 Å². The quantitative estimate of drug-likeness (QED) is 0.713. The lowest BCUT2D eigenvalue weighted by atomic mass is 10.2. The minimum atomic E-state index is 0.0958. The fourth-order valence-corrected chi connectivity index (χ4v) is 2.23. The van der Waals surface area contributed by atoms with Gasteiger partial charge in [-0.1, -0.05) is 26.0 Å². The van der Waals surface area contributed by atoms with Crippen LogP contribution in [0.4, 0.5) is 5.69 Å². The zero-order chi connectivity index (χ0) is 16.5. The van der Waals surface area contributed by atoms with Crippen LogP contribution in [-0.2, 0) is 6.42 Å². The lowest BCUT2D eigenvalue weighted by Gasteiger charge is -2.16. The first-order valence-electron chi connectivity index (χ1n) is 8.43. The molecule has 0 fully saturated rings. The summed E-state index contributed by atoms with van der Waals surface area (Å²) in [5.74, 6) is 1.83. The Morgan fingerprint density at radius 2 is 1.57 bits per heavy atom. The number of aryl methyl sites for hydroxylation is 1. The molecule has 2 rings (SSSR count). The molecule has 3 heteroatoms. The number of benzene rings is 2. The third-order valence-electron chi connectivity index (χ3n) is 3.59. The fourth-order valence-electron chi connectivity index (χ4n) is 2.23. The van der Waals surface area contributed by atoms with Crippen molar-refractivity contribution in [1.82, 2.24) is 0 Å². The van der Waals surface area contributed by atoms with Crippen molar-refractivity contribution >= 4 is 5.69 Å². The van der Waals surface area contributed by atoms with E-state index in [2.05, 4.69) is 38.2 Å². The van der Waals surface area contributed by atoms with Crippen molar-refractivity contribution in [3.05, 3.63) is 54.1 Å². The Morgan fingerprint density at radius 1 is 0.913 bits per heavy atom. The van der Waals surface area contributed by atoms with Crippen molar-refractivity contribution in [1.29, 1.82) is 0 Å². The Labute approximate surface area is 139 Å². The van der Waals surface area contributed by atoms with Crippen LogP contribution in [0.5, 0.6) is 11.5 Å². The Kier molecular flexibility index (Phi) is 6.79. The van der Waals surface area contributed by atoms with E-state index >= 15 is 0 Å². The van der Waals surface area contributed by atoms with Gasteiger partial charge < -0.3 is 14.8 Å². The van der Waals surface area contributed by atoms with Crippen molar-refractivity contribution in [3.63, 3.8) is 0 Å². The number of ether oxygens (including phenoxy) is 2. The smallest absolute Gasteiger partial charge is 0.119 e. The molecule has 1 N–H and O–H groups in total. The van der Waals surface area contributed by atoms with Gasteiger partial charge in [-0.2, -0.15) is 0 Å². The van der Waals surface area contributed by atoms with E-state index in [0.717, 1.165) is 43.2 Å². The standard InChI is InChI=1S/C20H27NO2/c1-4-14-22-19-12-8-18(9-13-19)21-15-16(3)23-20-10-6-17(5-2)7-11-20/h6-13,16,21H,4-5,14-15H2,1-3H3. The summed E-state index contributed by atoms with van der Waals surface area (Å²) in [6.07, 6.45) is 2.17. The maximum Gasteiger partial charge on any atom is 0.119 e. The van der Waals surface area contributed by atoms with Gasteiger partial charge in [0.1, 0.15) is 17.6 Å². The molecule has 2 aromatic rings. The van der Waals surface area contributed by atoms with Crippen LogP contribution in [0, 0.1) is 0 Å². The van der Waals surface area contributed by atoms with Crippen LogP contribution in [0.25, 0.3) is 0 Å². The average Bonchev–Trinajstić information content (AvgIpc) is 2.59. The molecule has 0 aliphatic heterocycles. The monoisotopic (exact) mass is 313 g/mol. The van der Waals surface area contributed by atoms with E-state index in [-0.39, 0.29) is 6.10 Å². The van der Waals surface area contributed by atoms with Crippen LogP contribution < -0.4 is 14.8 Å². The van der Waals surface area contributed by atoms with Crippen LogP contribution in [0.15, 0.2) is 48.5 Å². The van der Waals surface area contributed by atoms with Crippen LogP contribution in [0.2, 0.25) is 0 Å². The lowest BCUT2D eigenvalue weighted by molar-refractivity contribution is 0.234. The second-order valence-electron chi connectivity index (χ2n) is 5.68. The molecule has 1 unspecified atom stereocenters. The number of nitrogens with one attached hydrogen (secondary N) is 1. The highest BCUT2D eigenvalue weighted by atomic mass is 16.5. The Morgan fingerprint density at radius 3 is 2.17 bits per heavy atom. The third kappa shape index (κ3) is 5.85. The van der Waals surface area contributed by atoms with E-state index in [1.807, 2.05) is 36.4 Å². The molecular weight excluding hydrogens is 286 g/mol. The predicted octanol–water partition coefficient (Wildman–Crippen LogP) is 4.92. The molecular formula is C20H27NO2. The molecule has 0 bridgehead atoms. The lowest BCUT2D eigenvalue weighted by Crippen LogP contribution is -2.22. The summed E-state index contributed by atoms with van der Waals surface area (Å²) >= 11 is 0. The van der Waals surface area contributed by atoms with Gasteiger partial charge in [-0.25, -0.2) is 0 Å². The highest BCUT2D eigenvalue weighted by molar-refractivity contribution is 5.46. The third-order valence-corrected chi connectivity index (χ3v) is 3.59. The summed E-state index contributed by atoms with van der Waals surface area (Å²) in [6.45, 7) is 7.84. The summed E-state index contributed by atoms with van der Waals surface area (Å²) in [6, 6.07) is 16.4. The molecule has 124 valence electrons. The summed E-state index contributed by atoms with van der Waals surface area (Å²) in [4.78, 5) is 0. The number of anilines is 1. The van der Waals surface area contributed by atoms with Gasteiger partial charge in [-0.15, -0.1) is 0 Å². The average molecular weight is 313 g/mol. The van der Waals surface area contributed by atoms with Gasteiger partial charge in [0.15, 0.2) is 0 Å². The molecule has 1 atom stereocenters. The molecule has 0 aliphatic rings. The van der Waals surface area contributed by atoms with Crippen molar-refractivity contribution in [2.75, 3.05) is 18.5 Å². The van der Waals surface area contributed by atoms with E-state index in [4.69, 9.17) is 9.47 Å². The van der Waals surface area contributed by atoms with E-state index in [1.54, 1.807) is 0 Å². The van der Waals surface area contributed by atoms with E-state index in [0.29, 0.717) is 0 Å². The first kappa shape index (κ1) is 17.2. The highest BCUT2D eigenvalue weighted by Crippen LogP contribution is 2.17. The van der Waals surface area contributed by atoms with Crippen LogP contribution >= 0.6 is 0 Å². The first-order valence-corrected chi connectivity index (χ1v) is 8.43. The molecule has 3 nitrogen and oxygen atoms in total. The molecule has 0 amide bonds. The number of hydrogen-bond acceptors (Lipinski definition) is 3. The fraction of sp³-hybridized carbons (Fsp3) is 0.400. The van der Waals surface area contributed by atoms with Gasteiger partial charge in [0.05, 0.1) is 13.2 Å². The van der Waals surface area contributed by atoms with Gasteiger partial charge in [0.2, 0.25) is 0 Å². The summed E-state index contributed by atoms with van der Waals surface area (Å²) in [5, 5.41) is 3.39. The van der Waals surface area contributed by atoms with Crippen LogP contribution in [0.1, 0.15) is 32.8 Å². The zero-order valence-electron chi connectivity index (χ0n) is 14.3. The Balaban J connectivity index is 1.77. The molecule has 0 aliphatic carbocycles. The molecule has 0 saturated carbocycles. The minimum Gasteiger partial charge on any atom is -0.494 e. The summed E-state index contributed by atoms with van der Waals surface area (Å²) in [7, 11) is 0. The van der Waals surface area contributed by atoms with Crippen molar-refractivity contribution in [2.45, 2.75) is 39.7 Å². The van der Waals surface area contributed by atoms with Gasteiger partial charge in [0.25, 0.3) is 0 Å². The predicted molar refractivity (Wildman–Crippen MR) is 96.6 cm³/mol. The summed E-state index contributed by atoms with van der Waals surface area (Å²) < 4.78 is 11.5. The number of hydrogen-bond donors (Lipinski definition) is 1. The van der Waals surface area contributed by atoms with Gasteiger partial charge >= 0.3 is 0 Å². The maximum atomic E-state index is 5.93. The normalized spacial score (nSPS) is 11.8. The number of rotatable bonds is 9. The largest absolute Gasteiger partial charge is 0.494 e. The second kappa shape index (κ2) is 9.09. The highest BCUT2D eigenvalue weighted by Gasteiger charge is 2.04. The minimum absolute atomic E-state index is 0.0958. The van der Waals surface area contributed by atoms with Gasteiger partial charge in [-0.05, 0) is 61.7 Å². The van der Waals surface area contributed by atoms with E-state index < -0.39 is 0 Å². The molecule has 23 heavy (non-hydrogen) atoms. The second-order valence-corrected chi connectivity index (χ2v) is 5.68. The SMILES string of the molecule is CCCOc1ccc(NCC(C)Oc2ccc(CC)cc2)cc1. The van der Waals surface area contributed by atoms with Gasteiger partial charge in [-0.3, -0.25) is 0 Å². The first-order chi connectivity index (χ1) is 11.2. The maximum absolute atomic E-state index is 5.93. The van der Waals surface area contributed by atoms with E-state index in [9.17, 15) is 0 Å². The Hall–Kier alpha value is -2.16. The topological polar surface area (TPSA) is 30.5 Å². The Bertz CT molecular complexity index is 563.